The van der Waals surface area contributed by atoms with Gasteiger partial charge in [0.05, 0.1) is 33.7 Å². The van der Waals surface area contributed by atoms with Crippen LogP contribution < -0.4 is 4.31 Å². The van der Waals surface area contributed by atoms with Gasteiger partial charge in [0, 0.05) is 7.05 Å². The molecule has 2 aromatic rings. The Labute approximate surface area is 176 Å². The second-order valence-corrected chi connectivity index (χ2v) is 9.07. The quantitative estimate of drug-likeness (QED) is 0.399. The first-order valence-corrected chi connectivity index (χ1v) is 11.1. The highest BCUT2D eigenvalue weighted by Crippen LogP contribution is 2.35. The molecule has 0 bridgehead atoms. The Morgan fingerprint density at radius 2 is 1.64 bits per heavy atom. The lowest BCUT2D eigenvalue weighted by Gasteiger charge is -2.21. The minimum absolute atomic E-state index is 0.0750. The van der Waals surface area contributed by atoms with Crippen LogP contribution in [0.1, 0.15) is 31.7 Å². The molecule has 0 fully saturated rings. The topological polar surface area (TPSA) is 63.7 Å². The number of para-hydroxylation sites is 1. The Hall–Kier alpha value is -1.76. The maximum absolute atomic E-state index is 12.9. The van der Waals surface area contributed by atoms with Crippen molar-refractivity contribution in [2.45, 2.75) is 37.5 Å². The lowest BCUT2D eigenvalue weighted by molar-refractivity contribution is -0.142. The zero-order valence-electron chi connectivity index (χ0n) is 15.8. The molecule has 0 aliphatic heterocycles. The van der Waals surface area contributed by atoms with E-state index in [1.54, 1.807) is 30.3 Å². The molecule has 0 saturated heterocycles. The van der Waals surface area contributed by atoms with Crippen LogP contribution in [-0.4, -0.2) is 28.0 Å². The monoisotopic (exact) mass is 443 g/mol. The van der Waals surface area contributed by atoms with Crippen molar-refractivity contribution in [3.63, 3.8) is 0 Å². The summed E-state index contributed by atoms with van der Waals surface area (Å²) < 4.78 is 32.0. The molecule has 0 spiro atoms. The van der Waals surface area contributed by atoms with Crippen molar-refractivity contribution in [2.75, 3.05) is 18.0 Å². The number of unbranched alkanes of at least 4 members (excludes halogenated alkanes) is 2. The molecule has 0 aromatic heterocycles. The van der Waals surface area contributed by atoms with Crippen LogP contribution in [0.5, 0.6) is 0 Å². The molecular weight excluding hydrogens is 421 g/mol. The van der Waals surface area contributed by atoms with Crippen LogP contribution in [0.25, 0.3) is 0 Å². The molecule has 0 amide bonds. The highest BCUT2D eigenvalue weighted by atomic mass is 35.5. The van der Waals surface area contributed by atoms with Gasteiger partial charge in [0.2, 0.25) is 0 Å². The van der Waals surface area contributed by atoms with E-state index >= 15 is 0 Å². The SMILES string of the molecule is CCCCCOC(=O)Cc1ccc(S(=O)(=O)N(C)c2c(Cl)cccc2Cl)cc1. The number of hydrogen-bond acceptors (Lipinski definition) is 4. The third kappa shape index (κ3) is 5.63. The van der Waals surface area contributed by atoms with E-state index in [1.807, 2.05) is 0 Å². The van der Waals surface area contributed by atoms with Crippen LogP contribution in [0.4, 0.5) is 5.69 Å². The van der Waals surface area contributed by atoms with Gasteiger partial charge in [-0.1, -0.05) is 61.2 Å². The summed E-state index contributed by atoms with van der Waals surface area (Å²) in [6.07, 6.45) is 3.01. The number of benzene rings is 2. The van der Waals surface area contributed by atoms with Crippen molar-refractivity contribution < 1.29 is 17.9 Å². The summed E-state index contributed by atoms with van der Waals surface area (Å²) in [5.41, 5.74) is 0.892. The molecule has 0 aliphatic rings. The zero-order chi connectivity index (χ0) is 20.7. The number of anilines is 1. The van der Waals surface area contributed by atoms with Crippen LogP contribution >= 0.6 is 23.2 Å². The van der Waals surface area contributed by atoms with Crippen LogP contribution in [0.2, 0.25) is 10.0 Å². The third-order valence-corrected chi connectivity index (χ3v) is 6.58. The molecule has 0 atom stereocenters. The molecule has 0 aliphatic carbocycles. The second kappa shape index (κ2) is 10.1. The number of carbonyl (C=O) groups excluding carboxylic acids is 1. The van der Waals surface area contributed by atoms with E-state index in [-0.39, 0.29) is 33.0 Å². The summed E-state index contributed by atoms with van der Waals surface area (Å²) in [5.74, 6) is -0.327. The Morgan fingerprint density at radius 3 is 2.21 bits per heavy atom. The van der Waals surface area contributed by atoms with Gasteiger partial charge in [-0.15, -0.1) is 0 Å². The molecule has 2 rings (SSSR count). The molecule has 8 heteroatoms. The number of ether oxygens (including phenoxy) is 1. The van der Waals surface area contributed by atoms with E-state index < -0.39 is 10.0 Å². The maximum Gasteiger partial charge on any atom is 0.310 e. The van der Waals surface area contributed by atoms with Crippen molar-refractivity contribution in [3.8, 4) is 0 Å². The number of sulfonamides is 1. The first-order chi connectivity index (χ1) is 13.3. The van der Waals surface area contributed by atoms with Crippen molar-refractivity contribution >= 4 is 44.9 Å². The van der Waals surface area contributed by atoms with E-state index in [1.165, 1.54) is 19.2 Å². The average Bonchev–Trinajstić information content (AvgIpc) is 2.65. The number of halogens is 2. The Kier molecular flexibility index (Phi) is 8.16. The third-order valence-electron chi connectivity index (χ3n) is 4.19. The maximum atomic E-state index is 12.9. The minimum Gasteiger partial charge on any atom is -0.465 e. The van der Waals surface area contributed by atoms with Crippen LogP contribution in [0.15, 0.2) is 47.4 Å². The van der Waals surface area contributed by atoms with Crippen LogP contribution in [0, 0.1) is 0 Å². The van der Waals surface area contributed by atoms with Crippen LogP contribution in [-0.2, 0) is 26.0 Å². The zero-order valence-corrected chi connectivity index (χ0v) is 18.1. The first kappa shape index (κ1) is 22.5. The molecule has 0 N–H and O–H groups in total. The molecule has 152 valence electrons. The Balaban J connectivity index is 2.10. The van der Waals surface area contributed by atoms with Crippen molar-refractivity contribution in [2.24, 2.45) is 0 Å². The summed E-state index contributed by atoms with van der Waals surface area (Å²) in [6.45, 7) is 2.48. The van der Waals surface area contributed by atoms with Gasteiger partial charge in [-0.3, -0.25) is 9.10 Å². The number of nitrogens with zero attached hydrogens (tertiary/aromatic N) is 1. The minimum atomic E-state index is -3.85. The number of rotatable bonds is 9. The highest BCUT2D eigenvalue weighted by molar-refractivity contribution is 7.92. The lowest BCUT2D eigenvalue weighted by Crippen LogP contribution is -2.27. The molecule has 5 nitrogen and oxygen atoms in total. The van der Waals surface area contributed by atoms with Gasteiger partial charge in [-0.2, -0.15) is 0 Å². The van der Waals surface area contributed by atoms with Gasteiger partial charge in [0.25, 0.3) is 10.0 Å². The molecule has 0 unspecified atom stereocenters. The van der Waals surface area contributed by atoms with Gasteiger partial charge in [0.15, 0.2) is 0 Å². The summed E-state index contributed by atoms with van der Waals surface area (Å²) in [6, 6.07) is 10.9. The fourth-order valence-corrected chi connectivity index (χ4v) is 4.59. The first-order valence-electron chi connectivity index (χ1n) is 8.95. The largest absolute Gasteiger partial charge is 0.465 e. The van der Waals surface area contributed by atoms with E-state index in [0.29, 0.717) is 12.2 Å². The van der Waals surface area contributed by atoms with Crippen LogP contribution in [0.3, 0.4) is 0 Å². The number of esters is 1. The van der Waals surface area contributed by atoms with Gasteiger partial charge in [0.1, 0.15) is 0 Å². The summed E-state index contributed by atoms with van der Waals surface area (Å²) in [4.78, 5) is 11.9. The summed E-state index contributed by atoms with van der Waals surface area (Å²) in [5, 5.41) is 0.474. The molecule has 0 radical (unpaired) electrons. The van der Waals surface area contributed by atoms with E-state index in [9.17, 15) is 13.2 Å². The van der Waals surface area contributed by atoms with E-state index in [0.717, 1.165) is 23.6 Å². The smallest absolute Gasteiger partial charge is 0.310 e. The standard InChI is InChI=1S/C20H23Cl2NO4S/c1-3-4-5-13-27-19(24)14-15-9-11-16(12-10-15)28(25,26)23(2)20-17(21)7-6-8-18(20)22/h6-12H,3-5,13-14H2,1-2H3. The van der Waals surface area contributed by atoms with Gasteiger partial charge in [-0.05, 0) is 36.2 Å². The highest BCUT2D eigenvalue weighted by Gasteiger charge is 2.25. The molecule has 0 heterocycles. The van der Waals surface area contributed by atoms with Crippen molar-refractivity contribution in [1.82, 2.24) is 0 Å². The predicted molar refractivity (Wildman–Crippen MR) is 113 cm³/mol. The number of carbonyl (C=O) groups is 1. The van der Waals surface area contributed by atoms with Gasteiger partial charge in [-0.25, -0.2) is 8.42 Å². The predicted octanol–water partition coefficient (Wildman–Crippen LogP) is 5.09. The summed E-state index contributed by atoms with van der Waals surface area (Å²) >= 11 is 12.2. The Morgan fingerprint density at radius 1 is 1.04 bits per heavy atom. The molecule has 28 heavy (non-hydrogen) atoms. The second-order valence-electron chi connectivity index (χ2n) is 6.29. The van der Waals surface area contributed by atoms with E-state index in [4.69, 9.17) is 27.9 Å². The van der Waals surface area contributed by atoms with Gasteiger partial charge >= 0.3 is 5.97 Å². The average molecular weight is 444 g/mol. The fraction of sp³-hybridized carbons (Fsp3) is 0.350. The fourth-order valence-electron chi connectivity index (χ4n) is 2.60. The lowest BCUT2D eigenvalue weighted by atomic mass is 10.1. The van der Waals surface area contributed by atoms with Crippen molar-refractivity contribution in [3.05, 3.63) is 58.1 Å². The van der Waals surface area contributed by atoms with E-state index in [2.05, 4.69) is 6.92 Å². The number of hydrogen-bond donors (Lipinski definition) is 0. The normalized spacial score (nSPS) is 11.3. The van der Waals surface area contributed by atoms with Gasteiger partial charge < -0.3 is 4.74 Å². The molecule has 2 aromatic carbocycles. The Bertz CT molecular complexity index is 894. The summed E-state index contributed by atoms with van der Waals surface area (Å²) in [7, 11) is -2.46. The van der Waals surface area contributed by atoms with Crippen molar-refractivity contribution in [1.29, 1.82) is 0 Å². The molecule has 0 saturated carbocycles. The molecular formula is C20H23Cl2NO4S.